The third-order valence-electron chi connectivity index (χ3n) is 13.5. The maximum atomic E-state index is 13.5. The topological polar surface area (TPSA) is 439 Å². The smallest absolute Gasteiger partial charge is 0.395 e. The molecule has 85 heavy (non-hydrogen) atoms. The maximum absolute atomic E-state index is 13.5. The molecule has 17 atom stereocenters. The van der Waals surface area contributed by atoms with E-state index in [4.69, 9.17) is 51.3 Å². The first-order valence-corrected chi connectivity index (χ1v) is 32.1. The monoisotopic (exact) mass is 1280 g/mol. The number of aliphatic hydroxyl groups is 10. The van der Waals surface area contributed by atoms with Crippen LogP contribution >= 0.6 is 15.6 Å². The maximum Gasteiger partial charge on any atom is 0.472 e. The number of carbonyl (C=O) groups excluding carboxylic acids is 3. The molecule has 0 saturated carbocycles. The Kier molecular flexibility index (Phi) is 41.6. The number of phosphoric acid groups is 2. The molecule has 3 saturated heterocycles. The predicted molar refractivity (Wildman–Crippen MR) is 300 cm³/mol. The summed E-state index contributed by atoms with van der Waals surface area (Å²) < 4.78 is 85.0. The van der Waals surface area contributed by atoms with Gasteiger partial charge in [-0.1, -0.05) is 55.4 Å². The third-order valence-corrected chi connectivity index (χ3v) is 15.5. The van der Waals surface area contributed by atoms with E-state index in [1.165, 1.54) is 16.9 Å². The molecule has 504 valence electrons. The molecule has 3 rings (SSSR count). The van der Waals surface area contributed by atoms with Gasteiger partial charge in [0.2, 0.25) is 17.7 Å². The second kappa shape index (κ2) is 43.6. The van der Waals surface area contributed by atoms with Gasteiger partial charge >= 0.3 is 15.6 Å². The highest BCUT2D eigenvalue weighted by Gasteiger charge is 2.45. The third kappa shape index (κ3) is 30.1. The Balaban J connectivity index is 0.00000576. The van der Waals surface area contributed by atoms with Gasteiger partial charge in [-0.15, -0.1) is 0 Å². The Labute approximate surface area is 499 Å². The normalized spacial score (nSPS) is 29.1. The van der Waals surface area contributed by atoms with Crippen molar-refractivity contribution in [2.45, 2.75) is 168 Å². The molecule has 0 aliphatic carbocycles. The standard InChI is InChI=1S/C46H87N3O28P2.C4H10.C2H6/c1-29-38(57)41(60)32(26-51)75-44(29)68-18-5-8-35(54)47(11-17-50)13-22-71-78(63,64)73-24-15-49(37(56)10-7-20-70-46-31(3)40(59)43(62)34(28-53)77-46)16-25-74-79(65,66)72-23-14-48(12-21-67-4)36(55)9-6-19-69-45-30(2)39(58)42(61)33(27-52)76-45;1-4(2)3;1-2/h29-34,38-46,50-53,57-62H,5-28H2,1-4H3,(H,63,64)(H,65,66);4H,1-3H3;1-2H3/t29?,30?,31?,32?,33?,34?,38-,39-,40-,41+,42+,43+,44-,45-,46-;;/m1../s1. The van der Waals surface area contributed by atoms with Crippen LogP contribution in [0.25, 0.3) is 0 Å². The fraction of sp³-hybridized carbons (Fsp3) is 0.942. The minimum absolute atomic E-state index is 0.0131. The summed E-state index contributed by atoms with van der Waals surface area (Å²) in [5, 5.41) is 99.2. The molecule has 3 fully saturated rings. The number of ether oxygens (including phenoxy) is 7. The highest BCUT2D eigenvalue weighted by Crippen LogP contribution is 2.44. The van der Waals surface area contributed by atoms with Crippen LogP contribution in [0, 0.1) is 23.7 Å². The molecule has 0 aromatic carbocycles. The van der Waals surface area contributed by atoms with Crippen molar-refractivity contribution in [3.63, 3.8) is 0 Å². The van der Waals surface area contributed by atoms with Crippen molar-refractivity contribution in [1.29, 1.82) is 0 Å². The number of hydrogen-bond donors (Lipinski definition) is 12. The zero-order valence-corrected chi connectivity index (χ0v) is 52.6. The SMILES string of the molecule is CC.CC(C)C.COCCN(CCOP(=O)(O)OCCN(CCOP(=O)(O)OCCN(CCO)C(=O)CCCO[C@@H]1OC(CO)[C@H](O)[C@H](O)C1C)C(=O)CCCO[C@@H]1OC(CO)[C@H](O)[C@H](O)C1C)C(=O)CCCO[C@@H]1OC(CO)[C@H](O)[C@H](O)C1C. The molecule has 33 heteroatoms. The van der Waals surface area contributed by atoms with Crippen LogP contribution in [0.15, 0.2) is 0 Å². The number of rotatable bonds is 39. The second-order valence-electron chi connectivity index (χ2n) is 21.0. The van der Waals surface area contributed by atoms with Crippen LogP contribution in [0.1, 0.15) is 93.9 Å². The van der Waals surface area contributed by atoms with E-state index in [1.807, 2.05) is 13.8 Å². The van der Waals surface area contributed by atoms with Crippen LogP contribution in [0.4, 0.5) is 0 Å². The Morgan fingerprint density at radius 2 is 0.694 bits per heavy atom. The van der Waals surface area contributed by atoms with E-state index in [-0.39, 0.29) is 110 Å². The Morgan fingerprint density at radius 1 is 0.447 bits per heavy atom. The molecule has 0 spiro atoms. The van der Waals surface area contributed by atoms with E-state index < -0.39 is 172 Å². The highest BCUT2D eigenvalue weighted by atomic mass is 31.2. The average Bonchev–Trinajstić information content (AvgIpc) is 3.35. The molecular formula is C52H103N3O28P2. The van der Waals surface area contributed by atoms with Crippen LogP contribution in [0.5, 0.6) is 0 Å². The molecular weight excluding hydrogens is 1180 g/mol. The summed E-state index contributed by atoms with van der Waals surface area (Å²) in [5.41, 5.74) is 0. The molecule has 12 N–H and O–H groups in total. The summed E-state index contributed by atoms with van der Waals surface area (Å²) in [5.74, 6) is -2.61. The number of aliphatic hydroxyl groups excluding tert-OH is 10. The van der Waals surface area contributed by atoms with Crippen LogP contribution in [-0.4, -0.2) is 293 Å². The number of methoxy groups -OCH3 is 1. The van der Waals surface area contributed by atoms with Crippen molar-refractivity contribution < 1.29 is 136 Å². The summed E-state index contributed by atoms with van der Waals surface area (Å²) in [6.07, 6.45) is -13.8. The quantitative estimate of drug-likeness (QED) is 0.0251. The van der Waals surface area contributed by atoms with Gasteiger partial charge in [0.25, 0.3) is 0 Å². The Bertz CT molecular complexity index is 1900. The Hall–Kier alpha value is -2.05. The van der Waals surface area contributed by atoms with Crippen molar-refractivity contribution >= 4 is 33.4 Å². The second-order valence-corrected chi connectivity index (χ2v) is 23.9. The first-order valence-electron chi connectivity index (χ1n) is 29.1. The largest absolute Gasteiger partial charge is 0.472 e. The molecule has 3 heterocycles. The van der Waals surface area contributed by atoms with Gasteiger partial charge in [-0.3, -0.25) is 32.5 Å². The van der Waals surface area contributed by atoms with E-state index >= 15 is 0 Å². The Morgan fingerprint density at radius 3 is 0.929 bits per heavy atom. The van der Waals surface area contributed by atoms with Crippen molar-refractivity contribution in [3.8, 4) is 0 Å². The van der Waals surface area contributed by atoms with Gasteiger partial charge < -0.3 is 109 Å². The molecule has 0 radical (unpaired) electrons. The van der Waals surface area contributed by atoms with Gasteiger partial charge in [-0.05, 0) is 25.2 Å². The molecule has 0 bridgehead atoms. The lowest BCUT2D eigenvalue weighted by Gasteiger charge is -2.40. The predicted octanol–water partition coefficient (Wildman–Crippen LogP) is -1.32. The van der Waals surface area contributed by atoms with Crippen molar-refractivity contribution in [3.05, 3.63) is 0 Å². The molecule has 3 aliphatic heterocycles. The lowest BCUT2D eigenvalue weighted by atomic mass is 9.92. The van der Waals surface area contributed by atoms with Crippen molar-refractivity contribution in [2.75, 3.05) is 126 Å². The van der Waals surface area contributed by atoms with E-state index in [9.17, 15) is 84.4 Å². The lowest BCUT2D eigenvalue weighted by Crippen LogP contribution is -2.55. The number of amides is 3. The highest BCUT2D eigenvalue weighted by molar-refractivity contribution is 7.47. The number of nitrogens with zero attached hydrogens (tertiary/aromatic N) is 3. The first kappa shape index (κ1) is 81.0. The molecule has 0 aromatic rings. The van der Waals surface area contributed by atoms with Crippen molar-refractivity contribution in [1.82, 2.24) is 14.7 Å². The first-order chi connectivity index (χ1) is 40.2. The van der Waals surface area contributed by atoms with Gasteiger partial charge in [0.1, 0.15) is 36.6 Å². The summed E-state index contributed by atoms with van der Waals surface area (Å²) >= 11 is 0. The van der Waals surface area contributed by atoms with Crippen LogP contribution in [0.3, 0.4) is 0 Å². The van der Waals surface area contributed by atoms with Gasteiger partial charge in [-0.25, -0.2) is 9.13 Å². The average molecular weight is 1280 g/mol. The van der Waals surface area contributed by atoms with Gasteiger partial charge in [0, 0.05) is 83.4 Å². The molecule has 3 amide bonds. The summed E-state index contributed by atoms with van der Waals surface area (Å²) in [6, 6.07) is 0. The molecule has 8 unspecified atom stereocenters. The molecule has 0 aromatic heterocycles. The lowest BCUT2D eigenvalue weighted by molar-refractivity contribution is -0.282. The fourth-order valence-electron chi connectivity index (χ4n) is 8.52. The minimum Gasteiger partial charge on any atom is -0.395 e. The zero-order chi connectivity index (χ0) is 64.5. The number of hydrogen-bond acceptors (Lipinski definition) is 26. The molecule has 3 aliphatic rings. The summed E-state index contributed by atoms with van der Waals surface area (Å²) in [7, 11) is -8.27. The van der Waals surface area contributed by atoms with E-state index in [0.29, 0.717) is 0 Å². The van der Waals surface area contributed by atoms with Crippen LogP contribution < -0.4 is 0 Å². The summed E-state index contributed by atoms with van der Waals surface area (Å²) in [4.78, 5) is 64.2. The minimum atomic E-state index is -4.85. The number of phosphoric ester groups is 2. The fourth-order valence-corrected chi connectivity index (χ4v) is 9.92. The number of carbonyl (C=O) groups is 3. The van der Waals surface area contributed by atoms with Crippen molar-refractivity contribution in [2.24, 2.45) is 23.7 Å². The molecule has 31 nitrogen and oxygen atoms in total. The van der Waals surface area contributed by atoms with E-state index in [2.05, 4.69) is 20.8 Å². The van der Waals surface area contributed by atoms with Crippen LogP contribution in [-0.2, 0) is 74.8 Å². The van der Waals surface area contributed by atoms with Gasteiger partial charge in [-0.2, -0.15) is 0 Å². The van der Waals surface area contributed by atoms with Crippen LogP contribution in [0.2, 0.25) is 0 Å². The van der Waals surface area contributed by atoms with E-state index in [0.717, 1.165) is 10.8 Å². The van der Waals surface area contributed by atoms with Gasteiger partial charge in [0.15, 0.2) is 18.9 Å². The van der Waals surface area contributed by atoms with E-state index in [1.54, 1.807) is 20.8 Å². The zero-order valence-electron chi connectivity index (χ0n) is 50.8. The summed E-state index contributed by atoms with van der Waals surface area (Å²) in [6.45, 7) is 9.65. The van der Waals surface area contributed by atoms with Gasteiger partial charge in [0.05, 0.1) is 97.6 Å².